The predicted octanol–water partition coefficient (Wildman–Crippen LogP) is 1.94. The van der Waals surface area contributed by atoms with Crippen LogP contribution in [0.1, 0.15) is 31.4 Å². The van der Waals surface area contributed by atoms with Gasteiger partial charge in [-0.15, -0.1) is 0 Å². The normalized spacial score (nSPS) is 27.5. The number of aliphatic imine (C=N–C) groups is 1. The van der Waals surface area contributed by atoms with Crippen LogP contribution in [0.3, 0.4) is 0 Å². The van der Waals surface area contributed by atoms with E-state index >= 15 is 0 Å². The summed E-state index contributed by atoms with van der Waals surface area (Å²) in [5.41, 5.74) is 1.29. The van der Waals surface area contributed by atoms with Crippen LogP contribution in [0, 0.1) is 0 Å². The summed E-state index contributed by atoms with van der Waals surface area (Å²) < 4.78 is 11.5. The number of hydrogen-bond donors (Lipinski definition) is 1. The van der Waals surface area contributed by atoms with Gasteiger partial charge in [0, 0.05) is 25.6 Å². The molecule has 2 atom stereocenters. The predicted molar refractivity (Wildman–Crippen MR) is 81.0 cm³/mol. The highest BCUT2D eigenvalue weighted by atomic mass is 16.5. The van der Waals surface area contributed by atoms with E-state index in [2.05, 4.69) is 34.3 Å². The molecule has 0 aromatic heterocycles. The van der Waals surface area contributed by atoms with Gasteiger partial charge in [-0.1, -0.05) is 6.07 Å². The third-order valence-electron chi connectivity index (χ3n) is 4.31. The second-order valence-electron chi connectivity index (χ2n) is 5.96. The highest BCUT2D eigenvalue weighted by Gasteiger charge is 2.33. The molecule has 112 valence electrons. The maximum atomic E-state index is 5.82. The summed E-state index contributed by atoms with van der Waals surface area (Å²) in [5.74, 6) is 2.80. The van der Waals surface area contributed by atoms with E-state index in [9.17, 15) is 0 Å². The molecule has 1 N–H and O–H groups in total. The topological polar surface area (TPSA) is 46.1 Å². The fourth-order valence-corrected chi connectivity index (χ4v) is 3.32. The quantitative estimate of drug-likeness (QED) is 0.857. The molecule has 5 nitrogen and oxygen atoms in total. The standard InChI is InChI=1S/C16H21N3O2/c1-11-10-19-13(5-6-17-16(19)18-11)12-3-4-14-15(9-12)21-8-2-7-20-14/h3-4,9,11,13H,2,5-8,10H2,1H3,(H,17,18). The molecule has 0 aliphatic carbocycles. The molecule has 3 aliphatic heterocycles. The molecular formula is C16H21N3O2. The number of rotatable bonds is 1. The first-order valence-corrected chi connectivity index (χ1v) is 7.78. The van der Waals surface area contributed by atoms with Crippen molar-refractivity contribution >= 4 is 5.96 Å². The zero-order valence-electron chi connectivity index (χ0n) is 12.3. The summed E-state index contributed by atoms with van der Waals surface area (Å²) in [4.78, 5) is 6.98. The van der Waals surface area contributed by atoms with E-state index in [1.54, 1.807) is 0 Å². The molecule has 3 aliphatic rings. The number of nitrogens with one attached hydrogen (secondary N) is 1. The number of guanidine groups is 1. The molecule has 0 amide bonds. The third-order valence-corrected chi connectivity index (χ3v) is 4.31. The van der Waals surface area contributed by atoms with E-state index in [-0.39, 0.29) is 0 Å². The van der Waals surface area contributed by atoms with E-state index in [0.717, 1.165) is 56.6 Å². The lowest BCUT2D eigenvalue weighted by Gasteiger charge is -2.32. The van der Waals surface area contributed by atoms with Gasteiger partial charge >= 0.3 is 0 Å². The van der Waals surface area contributed by atoms with Gasteiger partial charge in [-0.3, -0.25) is 4.99 Å². The van der Waals surface area contributed by atoms with Gasteiger partial charge in [0.05, 0.1) is 19.3 Å². The number of fused-ring (bicyclic) bond motifs is 2. The second kappa shape index (κ2) is 5.13. The van der Waals surface area contributed by atoms with Crippen molar-refractivity contribution in [2.75, 3.05) is 26.3 Å². The molecule has 0 spiro atoms. The number of ether oxygens (including phenoxy) is 2. The van der Waals surface area contributed by atoms with Crippen LogP contribution in [-0.4, -0.2) is 43.2 Å². The van der Waals surface area contributed by atoms with Crippen LogP contribution >= 0.6 is 0 Å². The van der Waals surface area contributed by atoms with Crippen LogP contribution in [0.25, 0.3) is 0 Å². The zero-order chi connectivity index (χ0) is 14.2. The Morgan fingerprint density at radius 3 is 3.00 bits per heavy atom. The first kappa shape index (κ1) is 12.8. The Morgan fingerprint density at radius 2 is 2.10 bits per heavy atom. The molecule has 1 aromatic carbocycles. The Balaban J connectivity index is 1.64. The summed E-state index contributed by atoms with van der Waals surface area (Å²) >= 11 is 0. The molecule has 1 aromatic rings. The van der Waals surface area contributed by atoms with E-state index in [0.29, 0.717) is 12.1 Å². The smallest absolute Gasteiger partial charge is 0.194 e. The first-order chi connectivity index (χ1) is 10.3. The van der Waals surface area contributed by atoms with Gasteiger partial charge in [-0.2, -0.15) is 0 Å². The molecule has 0 bridgehead atoms. The first-order valence-electron chi connectivity index (χ1n) is 7.78. The number of benzene rings is 1. The molecule has 0 saturated carbocycles. The van der Waals surface area contributed by atoms with E-state index in [1.165, 1.54) is 5.56 Å². The van der Waals surface area contributed by atoms with E-state index in [1.807, 2.05) is 6.07 Å². The van der Waals surface area contributed by atoms with Crippen molar-refractivity contribution in [3.8, 4) is 11.5 Å². The molecule has 1 saturated heterocycles. The average Bonchev–Trinajstić information content (AvgIpc) is 2.73. The van der Waals surface area contributed by atoms with Gasteiger partial charge in [-0.25, -0.2) is 0 Å². The SMILES string of the molecule is CC1CN2C(=NCCC2c2ccc3c(c2)OCCCO3)N1. The minimum absolute atomic E-state index is 0.382. The number of nitrogens with zero attached hydrogens (tertiary/aromatic N) is 2. The van der Waals surface area contributed by atoms with Gasteiger partial charge in [0.1, 0.15) is 0 Å². The maximum absolute atomic E-state index is 5.82. The average molecular weight is 287 g/mol. The fourth-order valence-electron chi connectivity index (χ4n) is 3.32. The lowest BCUT2D eigenvalue weighted by molar-refractivity contribution is 0.295. The van der Waals surface area contributed by atoms with Gasteiger partial charge in [0.2, 0.25) is 0 Å². The van der Waals surface area contributed by atoms with E-state index in [4.69, 9.17) is 9.47 Å². The maximum Gasteiger partial charge on any atom is 0.194 e. The fraction of sp³-hybridized carbons (Fsp3) is 0.562. The van der Waals surface area contributed by atoms with Gasteiger partial charge in [-0.05, 0) is 31.0 Å². The van der Waals surface area contributed by atoms with Crippen molar-refractivity contribution < 1.29 is 9.47 Å². The lowest BCUT2D eigenvalue weighted by atomic mass is 10.0. The van der Waals surface area contributed by atoms with Crippen LogP contribution in [0.15, 0.2) is 23.2 Å². The molecule has 21 heavy (non-hydrogen) atoms. The lowest BCUT2D eigenvalue weighted by Crippen LogP contribution is -2.37. The van der Waals surface area contributed by atoms with Crippen molar-refractivity contribution in [2.45, 2.75) is 31.8 Å². The minimum atomic E-state index is 0.382. The Morgan fingerprint density at radius 1 is 1.24 bits per heavy atom. The molecule has 0 radical (unpaired) electrons. The monoisotopic (exact) mass is 287 g/mol. The Hall–Kier alpha value is -1.91. The molecule has 3 heterocycles. The molecule has 1 fully saturated rings. The number of hydrogen-bond acceptors (Lipinski definition) is 5. The summed E-state index contributed by atoms with van der Waals surface area (Å²) in [6, 6.07) is 7.22. The summed E-state index contributed by atoms with van der Waals surface area (Å²) in [6.45, 7) is 5.56. The van der Waals surface area contributed by atoms with Crippen molar-refractivity contribution in [3.05, 3.63) is 23.8 Å². The molecule has 5 heteroatoms. The van der Waals surface area contributed by atoms with Crippen molar-refractivity contribution in [1.29, 1.82) is 0 Å². The molecular weight excluding hydrogens is 266 g/mol. The summed E-state index contributed by atoms with van der Waals surface area (Å²) in [5, 5.41) is 3.45. The Bertz CT molecular complexity index is 573. The summed E-state index contributed by atoms with van der Waals surface area (Å²) in [6.07, 6.45) is 2.00. The Kier molecular flexibility index (Phi) is 3.13. The van der Waals surface area contributed by atoms with Gasteiger partial charge in [0.25, 0.3) is 0 Å². The van der Waals surface area contributed by atoms with Gasteiger partial charge in [0.15, 0.2) is 17.5 Å². The second-order valence-corrected chi connectivity index (χ2v) is 5.96. The zero-order valence-corrected chi connectivity index (χ0v) is 12.3. The van der Waals surface area contributed by atoms with Crippen molar-refractivity contribution in [2.24, 2.45) is 4.99 Å². The minimum Gasteiger partial charge on any atom is -0.490 e. The van der Waals surface area contributed by atoms with Crippen LogP contribution in [-0.2, 0) is 0 Å². The van der Waals surface area contributed by atoms with Crippen LogP contribution in [0.5, 0.6) is 11.5 Å². The van der Waals surface area contributed by atoms with Crippen LogP contribution in [0.4, 0.5) is 0 Å². The van der Waals surface area contributed by atoms with Crippen molar-refractivity contribution in [1.82, 2.24) is 10.2 Å². The van der Waals surface area contributed by atoms with E-state index < -0.39 is 0 Å². The largest absolute Gasteiger partial charge is 0.490 e. The third kappa shape index (κ3) is 2.30. The van der Waals surface area contributed by atoms with Gasteiger partial charge < -0.3 is 19.7 Å². The molecule has 4 rings (SSSR count). The summed E-state index contributed by atoms with van der Waals surface area (Å²) in [7, 11) is 0. The Labute approximate surface area is 124 Å². The van der Waals surface area contributed by atoms with Crippen molar-refractivity contribution in [3.63, 3.8) is 0 Å². The highest BCUT2D eigenvalue weighted by Crippen LogP contribution is 2.36. The van der Waals surface area contributed by atoms with Crippen LogP contribution < -0.4 is 14.8 Å². The molecule has 2 unspecified atom stereocenters. The van der Waals surface area contributed by atoms with Crippen LogP contribution in [0.2, 0.25) is 0 Å². The highest BCUT2D eigenvalue weighted by molar-refractivity contribution is 5.83.